The van der Waals surface area contributed by atoms with Crippen LogP contribution in [-0.2, 0) is 4.74 Å². The standard InChI is InChI=1S/C26H31F2N3O3S2/c27-24-21(3-4-22(36-29)25(24)28)35-19-5-9-31(10-6-19)26(32)18-13-20(17-1-2-17)30-23(14-18)34-15-16-7-11-33-12-8-16/h3-4,13-14,16-17,19H,1-2,5-12,15,29H2. The van der Waals surface area contributed by atoms with Gasteiger partial charge in [0.2, 0.25) is 5.88 Å². The van der Waals surface area contributed by atoms with E-state index in [2.05, 4.69) is 0 Å². The molecular weight excluding hydrogens is 504 g/mol. The molecule has 0 radical (unpaired) electrons. The fourth-order valence-corrected chi connectivity index (χ4v) is 6.15. The molecule has 2 N–H and O–H groups in total. The molecule has 0 spiro atoms. The van der Waals surface area contributed by atoms with Crippen LogP contribution in [0.25, 0.3) is 0 Å². The van der Waals surface area contributed by atoms with E-state index in [1.54, 1.807) is 12.1 Å². The second kappa shape index (κ2) is 11.7. The molecule has 2 aliphatic heterocycles. The largest absolute Gasteiger partial charge is 0.477 e. The van der Waals surface area contributed by atoms with Crippen molar-refractivity contribution in [2.75, 3.05) is 32.9 Å². The lowest BCUT2D eigenvalue weighted by molar-refractivity contribution is 0.0490. The molecule has 1 amide bonds. The molecule has 3 heterocycles. The van der Waals surface area contributed by atoms with Gasteiger partial charge in [-0.2, -0.15) is 0 Å². The number of nitrogens with two attached hydrogens (primary N) is 1. The molecule has 0 unspecified atom stereocenters. The molecule has 1 aliphatic carbocycles. The number of nitrogens with zero attached hydrogens (tertiary/aromatic N) is 2. The summed E-state index contributed by atoms with van der Waals surface area (Å²) in [6, 6.07) is 6.77. The van der Waals surface area contributed by atoms with Crippen molar-refractivity contribution >= 4 is 29.6 Å². The summed E-state index contributed by atoms with van der Waals surface area (Å²) in [5.74, 6) is -0.406. The van der Waals surface area contributed by atoms with Crippen molar-refractivity contribution in [3.63, 3.8) is 0 Å². The van der Waals surface area contributed by atoms with Crippen molar-refractivity contribution in [2.24, 2.45) is 11.1 Å². The summed E-state index contributed by atoms with van der Waals surface area (Å²) in [5, 5.41) is 5.49. The Balaban J connectivity index is 1.21. The number of piperidine rings is 1. The van der Waals surface area contributed by atoms with E-state index in [-0.39, 0.29) is 20.9 Å². The van der Waals surface area contributed by atoms with Gasteiger partial charge in [-0.1, -0.05) is 0 Å². The summed E-state index contributed by atoms with van der Waals surface area (Å²) in [5.41, 5.74) is 1.55. The van der Waals surface area contributed by atoms with E-state index < -0.39 is 11.6 Å². The lowest BCUT2D eigenvalue weighted by atomic mass is 10.0. The molecule has 3 fully saturated rings. The van der Waals surface area contributed by atoms with Crippen LogP contribution in [0.2, 0.25) is 0 Å². The number of carbonyl (C=O) groups is 1. The topological polar surface area (TPSA) is 77.7 Å². The molecule has 3 aliphatic rings. The van der Waals surface area contributed by atoms with Gasteiger partial charge in [-0.25, -0.2) is 13.8 Å². The molecule has 2 aromatic rings. The van der Waals surface area contributed by atoms with Crippen LogP contribution in [0.3, 0.4) is 0 Å². The van der Waals surface area contributed by atoms with E-state index in [4.69, 9.17) is 19.6 Å². The number of hydrogen-bond acceptors (Lipinski definition) is 7. The fraction of sp³-hybridized carbons (Fsp3) is 0.538. The average Bonchev–Trinajstić information content (AvgIpc) is 3.77. The van der Waals surface area contributed by atoms with E-state index in [0.29, 0.717) is 67.8 Å². The Kier molecular flexibility index (Phi) is 8.35. The van der Waals surface area contributed by atoms with Gasteiger partial charge in [-0.15, -0.1) is 11.8 Å². The highest BCUT2D eigenvalue weighted by atomic mass is 32.2. The fourth-order valence-electron chi connectivity index (χ4n) is 4.66. The summed E-state index contributed by atoms with van der Waals surface area (Å²) >= 11 is 2.03. The number of halogens is 2. The highest BCUT2D eigenvalue weighted by Crippen LogP contribution is 2.40. The zero-order chi connectivity index (χ0) is 25.1. The van der Waals surface area contributed by atoms with Crippen molar-refractivity contribution in [3.05, 3.63) is 47.2 Å². The smallest absolute Gasteiger partial charge is 0.254 e. The van der Waals surface area contributed by atoms with Crippen LogP contribution >= 0.6 is 23.7 Å². The SMILES string of the molecule is NSc1ccc(SC2CCN(C(=O)c3cc(OCC4CCOCC4)nc(C4CC4)c3)CC2)c(F)c1F. The number of pyridine rings is 1. The van der Waals surface area contributed by atoms with Crippen LogP contribution in [0.1, 0.15) is 60.5 Å². The van der Waals surface area contributed by atoms with Crippen LogP contribution in [0.5, 0.6) is 5.88 Å². The van der Waals surface area contributed by atoms with Gasteiger partial charge in [0.15, 0.2) is 11.6 Å². The first-order valence-corrected chi connectivity index (χ1v) is 14.3. The first kappa shape index (κ1) is 25.8. The molecule has 194 valence electrons. The summed E-state index contributed by atoms with van der Waals surface area (Å²) in [7, 11) is 0. The Morgan fingerprint density at radius 1 is 1.06 bits per heavy atom. The molecule has 10 heteroatoms. The van der Waals surface area contributed by atoms with Gasteiger partial charge in [0.25, 0.3) is 5.91 Å². The Morgan fingerprint density at radius 3 is 2.44 bits per heavy atom. The van der Waals surface area contributed by atoms with Crippen molar-refractivity contribution in [2.45, 2.75) is 59.5 Å². The van der Waals surface area contributed by atoms with Crippen molar-refractivity contribution in [1.29, 1.82) is 0 Å². The third-order valence-corrected chi connectivity index (χ3v) is 8.98. The van der Waals surface area contributed by atoms with Crippen LogP contribution in [-0.4, -0.2) is 54.0 Å². The van der Waals surface area contributed by atoms with E-state index in [1.165, 1.54) is 17.8 Å². The molecular formula is C26H31F2N3O3S2. The predicted molar refractivity (Wildman–Crippen MR) is 136 cm³/mol. The molecule has 6 nitrogen and oxygen atoms in total. The second-order valence-corrected chi connectivity index (χ2v) is 11.7. The Bertz CT molecular complexity index is 1090. The third-order valence-electron chi connectivity index (χ3n) is 7.03. The Morgan fingerprint density at radius 2 is 1.75 bits per heavy atom. The van der Waals surface area contributed by atoms with E-state index in [0.717, 1.165) is 44.6 Å². The van der Waals surface area contributed by atoms with Crippen LogP contribution in [0, 0.1) is 17.6 Å². The Labute approximate surface area is 218 Å². The van der Waals surface area contributed by atoms with Crippen molar-refractivity contribution in [1.82, 2.24) is 9.88 Å². The molecule has 5 rings (SSSR count). The number of likely N-dealkylation sites (tertiary alicyclic amines) is 1. The normalized spacial score (nSPS) is 19.5. The monoisotopic (exact) mass is 535 g/mol. The zero-order valence-corrected chi connectivity index (χ0v) is 21.7. The molecule has 2 saturated heterocycles. The number of amides is 1. The number of rotatable bonds is 8. The maximum Gasteiger partial charge on any atom is 0.254 e. The molecule has 1 saturated carbocycles. The molecule has 0 bridgehead atoms. The minimum absolute atomic E-state index is 0.0276. The number of thioether (sulfide) groups is 1. The summed E-state index contributed by atoms with van der Waals surface area (Å²) < 4.78 is 40.0. The molecule has 36 heavy (non-hydrogen) atoms. The van der Waals surface area contributed by atoms with Gasteiger partial charge in [0.1, 0.15) is 0 Å². The first-order valence-electron chi connectivity index (χ1n) is 12.5. The second-order valence-electron chi connectivity index (χ2n) is 9.68. The maximum absolute atomic E-state index is 14.4. The predicted octanol–water partition coefficient (Wildman–Crippen LogP) is 5.41. The zero-order valence-electron chi connectivity index (χ0n) is 20.1. The van der Waals surface area contributed by atoms with Gasteiger partial charge in [-0.05, 0) is 74.6 Å². The van der Waals surface area contributed by atoms with Crippen molar-refractivity contribution < 1.29 is 23.0 Å². The summed E-state index contributed by atoms with van der Waals surface area (Å²) in [6.07, 6.45) is 5.56. The van der Waals surface area contributed by atoms with E-state index >= 15 is 0 Å². The van der Waals surface area contributed by atoms with Gasteiger partial charge in [0.05, 0.1) is 11.5 Å². The maximum atomic E-state index is 14.4. The first-order chi connectivity index (χ1) is 17.5. The van der Waals surface area contributed by atoms with Crippen LogP contribution in [0.4, 0.5) is 8.78 Å². The number of benzene rings is 1. The number of ether oxygens (including phenoxy) is 2. The third kappa shape index (κ3) is 6.15. The van der Waals surface area contributed by atoms with Crippen LogP contribution < -0.4 is 9.88 Å². The lowest BCUT2D eigenvalue weighted by Crippen LogP contribution is -2.39. The highest BCUT2D eigenvalue weighted by Gasteiger charge is 2.30. The van der Waals surface area contributed by atoms with Gasteiger partial charge >= 0.3 is 0 Å². The van der Waals surface area contributed by atoms with Crippen molar-refractivity contribution in [3.8, 4) is 5.88 Å². The minimum Gasteiger partial charge on any atom is -0.477 e. The minimum atomic E-state index is -0.904. The lowest BCUT2D eigenvalue weighted by Gasteiger charge is -2.32. The average molecular weight is 536 g/mol. The summed E-state index contributed by atoms with van der Waals surface area (Å²) in [4.78, 5) is 20.3. The highest BCUT2D eigenvalue weighted by molar-refractivity contribution is 8.00. The quantitative estimate of drug-likeness (QED) is 0.453. The van der Waals surface area contributed by atoms with Gasteiger partial charge in [-0.3, -0.25) is 9.93 Å². The number of hydrogen-bond donors (Lipinski definition) is 1. The van der Waals surface area contributed by atoms with Gasteiger partial charge in [0, 0.05) is 59.7 Å². The van der Waals surface area contributed by atoms with E-state index in [1.807, 2.05) is 11.0 Å². The molecule has 1 aromatic carbocycles. The molecule has 0 atom stereocenters. The Hall–Kier alpha value is -1.88. The van der Waals surface area contributed by atoms with E-state index in [9.17, 15) is 13.6 Å². The number of carbonyl (C=O) groups excluding carboxylic acids is 1. The summed E-state index contributed by atoms with van der Waals surface area (Å²) in [6.45, 7) is 3.25. The van der Waals surface area contributed by atoms with Gasteiger partial charge < -0.3 is 14.4 Å². The molecule has 1 aromatic heterocycles. The van der Waals surface area contributed by atoms with Crippen LogP contribution in [0.15, 0.2) is 34.1 Å². The number of aromatic nitrogens is 1.